The standard InChI is InChI=1S/C12H16BrClO2/c1-4-5-10(14)8-6-11(15-2)12(16-3)7-9(8)13/h6-7,10H,4-5H2,1-3H3. The summed E-state index contributed by atoms with van der Waals surface area (Å²) in [5.74, 6) is 1.42. The van der Waals surface area contributed by atoms with Gasteiger partial charge in [-0.15, -0.1) is 11.6 Å². The van der Waals surface area contributed by atoms with E-state index in [1.165, 1.54) is 0 Å². The summed E-state index contributed by atoms with van der Waals surface area (Å²) >= 11 is 9.81. The third-order valence-corrected chi connectivity index (χ3v) is 3.52. The predicted octanol–water partition coefficient (Wildman–Crippen LogP) is 4.55. The first-order valence-electron chi connectivity index (χ1n) is 5.19. The molecule has 0 fully saturated rings. The molecule has 90 valence electrons. The molecule has 0 saturated heterocycles. The lowest BCUT2D eigenvalue weighted by Gasteiger charge is -2.15. The largest absolute Gasteiger partial charge is 0.493 e. The molecule has 0 spiro atoms. The van der Waals surface area contributed by atoms with E-state index in [-0.39, 0.29) is 5.38 Å². The van der Waals surface area contributed by atoms with Gasteiger partial charge in [-0.2, -0.15) is 0 Å². The van der Waals surface area contributed by atoms with Crippen molar-refractivity contribution in [2.45, 2.75) is 25.1 Å². The van der Waals surface area contributed by atoms with Crippen molar-refractivity contribution < 1.29 is 9.47 Å². The zero-order valence-corrected chi connectivity index (χ0v) is 12.1. The van der Waals surface area contributed by atoms with Crippen LogP contribution in [0.2, 0.25) is 0 Å². The summed E-state index contributed by atoms with van der Waals surface area (Å²) in [4.78, 5) is 0. The topological polar surface area (TPSA) is 18.5 Å². The van der Waals surface area contributed by atoms with Crippen LogP contribution in [0.15, 0.2) is 16.6 Å². The van der Waals surface area contributed by atoms with E-state index in [2.05, 4.69) is 22.9 Å². The Morgan fingerprint density at radius 2 is 1.81 bits per heavy atom. The summed E-state index contributed by atoms with van der Waals surface area (Å²) in [5.41, 5.74) is 1.04. The van der Waals surface area contributed by atoms with Crippen LogP contribution in [-0.4, -0.2) is 14.2 Å². The van der Waals surface area contributed by atoms with Crippen molar-refractivity contribution >= 4 is 27.5 Å². The van der Waals surface area contributed by atoms with Gasteiger partial charge in [0.2, 0.25) is 0 Å². The molecule has 0 aromatic heterocycles. The van der Waals surface area contributed by atoms with Crippen molar-refractivity contribution in [3.05, 3.63) is 22.2 Å². The monoisotopic (exact) mass is 306 g/mol. The molecule has 0 heterocycles. The molecule has 0 saturated carbocycles. The van der Waals surface area contributed by atoms with Gasteiger partial charge in [-0.05, 0) is 24.1 Å². The van der Waals surface area contributed by atoms with Crippen molar-refractivity contribution in [1.82, 2.24) is 0 Å². The highest BCUT2D eigenvalue weighted by Gasteiger charge is 2.15. The number of hydrogen-bond donors (Lipinski definition) is 0. The molecule has 2 nitrogen and oxygen atoms in total. The lowest BCUT2D eigenvalue weighted by atomic mass is 10.1. The molecule has 1 atom stereocenters. The summed E-state index contributed by atoms with van der Waals surface area (Å²) < 4.78 is 11.4. The van der Waals surface area contributed by atoms with E-state index >= 15 is 0 Å². The van der Waals surface area contributed by atoms with Gasteiger partial charge in [-0.1, -0.05) is 29.3 Å². The number of hydrogen-bond acceptors (Lipinski definition) is 2. The van der Waals surface area contributed by atoms with E-state index in [4.69, 9.17) is 21.1 Å². The molecule has 1 unspecified atom stereocenters. The Kier molecular flexibility index (Phi) is 5.42. The summed E-state index contributed by atoms with van der Waals surface area (Å²) in [6.07, 6.45) is 1.99. The van der Waals surface area contributed by atoms with Crippen LogP contribution >= 0.6 is 27.5 Å². The maximum absolute atomic E-state index is 6.31. The van der Waals surface area contributed by atoms with Gasteiger partial charge in [0.15, 0.2) is 11.5 Å². The highest BCUT2D eigenvalue weighted by Crippen LogP contribution is 2.39. The maximum Gasteiger partial charge on any atom is 0.161 e. The van der Waals surface area contributed by atoms with Crippen LogP contribution in [0.1, 0.15) is 30.7 Å². The average molecular weight is 308 g/mol. The van der Waals surface area contributed by atoms with Gasteiger partial charge in [-0.25, -0.2) is 0 Å². The van der Waals surface area contributed by atoms with Gasteiger partial charge in [0.05, 0.1) is 19.6 Å². The molecule has 0 amide bonds. The Labute approximate surface area is 110 Å². The van der Waals surface area contributed by atoms with Crippen molar-refractivity contribution in [3.8, 4) is 11.5 Å². The van der Waals surface area contributed by atoms with Crippen molar-refractivity contribution in [1.29, 1.82) is 0 Å². The number of alkyl halides is 1. The number of ether oxygens (including phenoxy) is 2. The zero-order valence-electron chi connectivity index (χ0n) is 9.72. The third kappa shape index (κ3) is 3.05. The molecular formula is C12H16BrClO2. The van der Waals surface area contributed by atoms with E-state index in [1.54, 1.807) is 14.2 Å². The fraction of sp³-hybridized carbons (Fsp3) is 0.500. The Hall–Kier alpha value is -0.410. The minimum absolute atomic E-state index is 0.000758. The second-order valence-electron chi connectivity index (χ2n) is 3.48. The average Bonchev–Trinajstić information content (AvgIpc) is 2.28. The van der Waals surface area contributed by atoms with Crippen molar-refractivity contribution in [3.63, 3.8) is 0 Å². The Morgan fingerprint density at radius 3 is 2.31 bits per heavy atom. The first kappa shape index (κ1) is 13.7. The van der Waals surface area contributed by atoms with Crippen LogP contribution in [-0.2, 0) is 0 Å². The van der Waals surface area contributed by atoms with Gasteiger partial charge in [0.1, 0.15) is 0 Å². The highest BCUT2D eigenvalue weighted by atomic mass is 79.9. The highest BCUT2D eigenvalue weighted by molar-refractivity contribution is 9.10. The Bertz CT molecular complexity index is 355. The van der Waals surface area contributed by atoms with E-state index in [1.807, 2.05) is 12.1 Å². The molecule has 16 heavy (non-hydrogen) atoms. The first-order chi connectivity index (χ1) is 7.63. The van der Waals surface area contributed by atoms with E-state index in [9.17, 15) is 0 Å². The minimum Gasteiger partial charge on any atom is -0.493 e. The van der Waals surface area contributed by atoms with Gasteiger partial charge >= 0.3 is 0 Å². The zero-order chi connectivity index (χ0) is 12.1. The normalized spacial score (nSPS) is 12.3. The molecule has 0 bridgehead atoms. The molecule has 1 rings (SSSR count). The summed E-state index contributed by atoms with van der Waals surface area (Å²) in [6.45, 7) is 2.12. The fourth-order valence-electron chi connectivity index (χ4n) is 1.52. The first-order valence-corrected chi connectivity index (χ1v) is 6.42. The molecule has 0 radical (unpaired) electrons. The molecule has 0 aliphatic carbocycles. The predicted molar refractivity (Wildman–Crippen MR) is 70.7 cm³/mol. The van der Waals surface area contributed by atoms with Crippen molar-refractivity contribution in [2.75, 3.05) is 14.2 Å². The Balaban J connectivity index is 3.10. The molecule has 1 aromatic rings. The fourth-order valence-corrected chi connectivity index (χ4v) is 2.65. The smallest absolute Gasteiger partial charge is 0.161 e. The molecule has 4 heteroatoms. The Morgan fingerprint density at radius 1 is 1.25 bits per heavy atom. The van der Waals surface area contributed by atoms with E-state index in [0.29, 0.717) is 11.5 Å². The van der Waals surface area contributed by atoms with E-state index in [0.717, 1.165) is 22.9 Å². The third-order valence-electron chi connectivity index (χ3n) is 2.38. The van der Waals surface area contributed by atoms with Gasteiger partial charge in [-0.3, -0.25) is 0 Å². The van der Waals surface area contributed by atoms with Crippen LogP contribution in [0.4, 0.5) is 0 Å². The number of rotatable bonds is 5. The van der Waals surface area contributed by atoms with Gasteiger partial charge in [0, 0.05) is 4.47 Å². The van der Waals surface area contributed by atoms with Crippen LogP contribution in [0, 0.1) is 0 Å². The van der Waals surface area contributed by atoms with E-state index < -0.39 is 0 Å². The molecule has 0 aliphatic rings. The molecular weight excluding hydrogens is 291 g/mol. The SMILES string of the molecule is CCCC(Cl)c1cc(OC)c(OC)cc1Br. The van der Waals surface area contributed by atoms with Crippen LogP contribution in [0.5, 0.6) is 11.5 Å². The second-order valence-corrected chi connectivity index (χ2v) is 4.87. The molecule has 0 aliphatic heterocycles. The molecule has 1 aromatic carbocycles. The quantitative estimate of drug-likeness (QED) is 0.743. The van der Waals surface area contributed by atoms with Crippen LogP contribution in [0.25, 0.3) is 0 Å². The lowest BCUT2D eigenvalue weighted by molar-refractivity contribution is 0.354. The number of benzene rings is 1. The number of halogens is 2. The van der Waals surface area contributed by atoms with Crippen molar-refractivity contribution in [2.24, 2.45) is 0 Å². The number of methoxy groups -OCH3 is 2. The minimum atomic E-state index is -0.000758. The van der Waals surface area contributed by atoms with Crippen LogP contribution < -0.4 is 9.47 Å². The lowest BCUT2D eigenvalue weighted by Crippen LogP contribution is -1.96. The van der Waals surface area contributed by atoms with Gasteiger partial charge < -0.3 is 9.47 Å². The summed E-state index contributed by atoms with van der Waals surface area (Å²) in [6, 6.07) is 3.81. The second kappa shape index (κ2) is 6.36. The summed E-state index contributed by atoms with van der Waals surface area (Å²) in [7, 11) is 3.24. The van der Waals surface area contributed by atoms with Gasteiger partial charge in [0.25, 0.3) is 0 Å². The molecule has 0 N–H and O–H groups in total. The maximum atomic E-state index is 6.31. The summed E-state index contributed by atoms with van der Waals surface area (Å²) in [5, 5.41) is -0.000758. The van der Waals surface area contributed by atoms with Crippen LogP contribution in [0.3, 0.4) is 0 Å².